The minimum atomic E-state index is -0.627. The standard InChI is InChI=1S/C19H11F2N2.Ir/c20-14-9-6-10-15(21)17(14)18-16-11-4-5-12-23(16)19(22-18)13-7-2-1-3-8-13;/h1-7,9-12H;/q-1;. The molecule has 0 saturated heterocycles. The van der Waals surface area contributed by atoms with Gasteiger partial charge in [0, 0.05) is 26.3 Å². The van der Waals surface area contributed by atoms with E-state index < -0.39 is 11.6 Å². The van der Waals surface area contributed by atoms with Gasteiger partial charge in [-0.15, -0.1) is 35.9 Å². The van der Waals surface area contributed by atoms with Crippen molar-refractivity contribution in [2.24, 2.45) is 0 Å². The number of hydrogen-bond donors (Lipinski definition) is 0. The minimum absolute atomic E-state index is 0. The number of aromatic nitrogens is 2. The summed E-state index contributed by atoms with van der Waals surface area (Å²) in [6, 6.07) is 19.8. The fourth-order valence-corrected chi connectivity index (χ4v) is 2.67. The van der Waals surface area contributed by atoms with Gasteiger partial charge in [-0.05, 0) is 24.3 Å². The van der Waals surface area contributed by atoms with E-state index in [1.807, 2.05) is 40.9 Å². The summed E-state index contributed by atoms with van der Waals surface area (Å²) < 4.78 is 30.2. The first-order valence-corrected chi connectivity index (χ1v) is 7.14. The first kappa shape index (κ1) is 16.5. The Morgan fingerprint density at radius 3 is 2.33 bits per heavy atom. The van der Waals surface area contributed by atoms with Crippen LogP contribution in [0.1, 0.15) is 0 Å². The third-order valence-corrected chi connectivity index (χ3v) is 3.70. The van der Waals surface area contributed by atoms with Gasteiger partial charge in [0.2, 0.25) is 0 Å². The van der Waals surface area contributed by atoms with Gasteiger partial charge >= 0.3 is 0 Å². The number of fused-ring (bicyclic) bond motifs is 1. The molecule has 0 saturated carbocycles. The maximum atomic E-state index is 14.2. The summed E-state index contributed by atoms with van der Waals surface area (Å²) in [4.78, 5) is 4.50. The van der Waals surface area contributed by atoms with Crippen LogP contribution in [0.2, 0.25) is 0 Å². The molecule has 2 aromatic carbocycles. The number of halogens is 2. The fourth-order valence-electron chi connectivity index (χ4n) is 2.67. The molecule has 0 N–H and O–H groups in total. The van der Waals surface area contributed by atoms with Gasteiger partial charge in [0.15, 0.2) is 0 Å². The van der Waals surface area contributed by atoms with Crippen LogP contribution >= 0.6 is 0 Å². The van der Waals surface area contributed by atoms with Crippen molar-refractivity contribution >= 4 is 5.52 Å². The van der Waals surface area contributed by atoms with Gasteiger partial charge in [-0.1, -0.05) is 12.1 Å². The van der Waals surface area contributed by atoms with Gasteiger partial charge in [-0.3, -0.25) is 4.98 Å². The molecule has 0 unspecified atom stereocenters. The number of rotatable bonds is 2. The van der Waals surface area contributed by atoms with Crippen LogP contribution < -0.4 is 0 Å². The van der Waals surface area contributed by atoms with Crippen molar-refractivity contribution in [3.05, 3.63) is 84.6 Å². The topological polar surface area (TPSA) is 17.3 Å². The summed E-state index contributed by atoms with van der Waals surface area (Å²) in [5.74, 6) is -0.659. The van der Waals surface area contributed by atoms with Crippen LogP contribution in [0.3, 0.4) is 0 Å². The third-order valence-electron chi connectivity index (χ3n) is 3.70. The Kier molecular flexibility index (Phi) is 4.56. The quantitative estimate of drug-likeness (QED) is 0.366. The maximum Gasteiger partial charge on any atom is 0.135 e. The molecular weight excluding hydrogens is 486 g/mol. The van der Waals surface area contributed by atoms with Gasteiger partial charge in [0.05, 0.1) is 22.6 Å². The molecule has 0 aliphatic rings. The second-order valence-corrected chi connectivity index (χ2v) is 5.11. The second-order valence-electron chi connectivity index (χ2n) is 5.11. The average molecular weight is 498 g/mol. The molecule has 2 aromatic heterocycles. The minimum Gasteiger partial charge on any atom is -0.340 e. The molecule has 4 aromatic rings. The Morgan fingerprint density at radius 2 is 1.62 bits per heavy atom. The maximum absolute atomic E-state index is 14.2. The van der Waals surface area contributed by atoms with Crippen LogP contribution in [0.25, 0.3) is 28.2 Å². The third kappa shape index (κ3) is 2.66. The van der Waals surface area contributed by atoms with E-state index in [4.69, 9.17) is 0 Å². The van der Waals surface area contributed by atoms with Crippen LogP contribution in [0.5, 0.6) is 0 Å². The fraction of sp³-hybridized carbons (Fsp3) is 0. The number of imidazole rings is 1. The molecule has 5 heteroatoms. The zero-order chi connectivity index (χ0) is 15.8. The van der Waals surface area contributed by atoms with E-state index in [9.17, 15) is 8.78 Å². The number of nitrogens with zero attached hydrogens (tertiary/aromatic N) is 2. The largest absolute Gasteiger partial charge is 0.340 e. The molecule has 24 heavy (non-hydrogen) atoms. The normalized spacial score (nSPS) is 10.6. The van der Waals surface area contributed by atoms with Crippen LogP contribution in [-0.4, -0.2) is 9.38 Å². The number of pyridine rings is 1. The summed E-state index contributed by atoms with van der Waals surface area (Å²) in [5.41, 5.74) is 1.58. The van der Waals surface area contributed by atoms with Crippen LogP contribution in [0.4, 0.5) is 8.78 Å². The van der Waals surface area contributed by atoms with E-state index in [2.05, 4.69) is 11.1 Å². The predicted octanol–water partition coefficient (Wildman–Crippen LogP) is 4.74. The Morgan fingerprint density at radius 1 is 0.875 bits per heavy atom. The van der Waals surface area contributed by atoms with E-state index >= 15 is 0 Å². The molecule has 0 fully saturated rings. The van der Waals surface area contributed by atoms with Gasteiger partial charge in [-0.25, -0.2) is 8.78 Å². The molecule has 0 aliphatic carbocycles. The van der Waals surface area contributed by atoms with Gasteiger partial charge in [0.1, 0.15) is 11.6 Å². The molecular formula is C19H11F2IrN2-. The van der Waals surface area contributed by atoms with E-state index in [-0.39, 0.29) is 31.4 Å². The first-order valence-electron chi connectivity index (χ1n) is 7.14. The Hall–Kier alpha value is -2.36. The van der Waals surface area contributed by atoms with E-state index in [0.717, 1.165) is 5.56 Å². The van der Waals surface area contributed by atoms with Crippen molar-refractivity contribution in [3.63, 3.8) is 0 Å². The summed E-state index contributed by atoms with van der Waals surface area (Å²) in [6.07, 6.45) is 1.82. The van der Waals surface area contributed by atoms with Crippen molar-refractivity contribution < 1.29 is 28.9 Å². The molecule has 121 valence electrons. The molecule has 1 radical (unpaired) electrons. The van der Waals surface area contributed by atoms with Crippen molar-refractivity contribution in [1.82, 2.24) is 9.38 Å². The Bertz CT molecular complexity index is 977. The van der Waals surface area contributed by atoms with Crippen molar-refractivity contribution in [2.75, 3.05) is 0 Å². The molecule has 2 nitrogen and oxygen atoms in total. The summed E-state index contributed by atoms with van der Waals surface area (Å²) >= 11 is 0. The van der Waals surface area contributed by atoms with Crippen LogP contribution in [0, 0.1) is 17.7 Å². The molecule has 2 heterocycles. The first-order chi connectivity index (χ1) is 11.3. The molecule has 4 rings (SSSR count). The number of hydrogen-bond acceptors (Lipinski definition) is 1. The molecule has 0 bridgehead atoms. The van der Waals surface area contributed by atoms with Crippen molar-refractivity contribution in [2.45, 2.75) is 0 Å². The van der Waals surface area contributed by atoms with Crippen molar-refractivity contribution in [1.29, 1.82) is 0 Å². The molecule has 0 aliphatic heterocycles. The molecule has 0 atom stereocenters. The number of benzene rings is 2. The van der Waals surface area contributed by atoms with Crippen LogP contribution in [-0.2, 0) is 20.1 Å². The smallest absolute Gasteiger partial charge is 0.135 e. The van der Waals surface area contributed by atoms with Gasteiger partial charge < -0.3 is 4.40 Å². The molecule has 0 spiro atoms. The zero-order valence-electron chi connectivity index (χ0n) is 12.3. The Balaban J connectivity index is 0.00000169. The zero-order valence-corrected chi connectivity index (χ0v) is 14.7. The van der Waals surface area contributed by atoms with E-state index in [0.29, 0.717) is 11.3 Å². The average Bonchev–Trinajstić information content (AvgIpc) is 2.95. The van der Waals surface area contributed by atoms with Gasteiger partial charge in [0.25, 0.3) is 0 Å². The summed E-state index contributed by atoms with van der Waals surface area (Å²) in [7, 11) is 0. The van der Waals surface area contributed by atoms with E-state index in [1.54, 1.807) is 12.1 Å². The summed E-state index contributed by atoms with van der Waals surface area (Å²) in [5, 5.41) is 0. The monoisotopic (exact) mass is 498 g/mol. The molecule has 0 amide bonds. The van der Waals surface area contributed by atoms with Crippen LogP contribution in [0.15, 0.2) is 66.9 Å². The SMILES string of the molecule is Fc1cccc(F)c1-c1nc(-c2[c-]cccc2)n2ccccc12.[Ir]. The summed E-state index contributed by atoms with van der Waals surface area (Å²) in [6.45, 7) is 0. The van der Waals surface area contributed by atoms with E-state index in [1.165, 1.54) is 18.2 Å². The second kappa shape index (κ2) is 6.63. The van der Waals surface area contributed by atoms with Crippen molar-refractivity contribution in [3.8, 4) is 22.6 Å². The van der Waals surface area contributed by atoms with Gasteiger partial charge in [-0.2, -0.15) is 0 Å². The predicted molar refractivity (Wildman–Crippen MR) is 84.8 cm³/mol. The Labute approximate surface area is 151 Å².